The Balaban J connectivity index is 2.63. The summed E-state index contributed by atoms with van der Waals surface area (Å²) in [6, 6.07) is 6.96. The number of benzene rings is 1. The van der Waals surface area contributed by atoms with Crippen LogP contribution in [0.5, 0.6) is 5.75 Å². The van der Waals surface area contributed by atoms with Gasteiger partial charge in [-0.15, -0.1) is 0 Å². The van der Waals surface area contributed by atoms with E-state index in [1.54, 1.807) is 24.3 Å². The first kappa shape index (κ1) is 18.0. The molecule has 0 aliphatic carbocycles. The van der Waals surface area contributed by atoms with Gasteiger partial charge in [0.25, 0.3) is 5.91 Å². The largest absolute Gasteiger partial charge is 0.491 e. The number of carboxylic acid groups (broad SMARTS) is 1. The Bertz CT molecular complexity index is 508. The normalized spacial score (nSPS) is 12.5. The summed E-state index contributed by atoms with van der Waals surface area (Å²) < 4.78 is 5.67. The standard InChI is InChI=1S/C17H25NO4/c1-5-12(2)22-14-8-6-13(7-9-14)16(21)18-17(3,4)11-10-15(19)20/h6-9,12H,5,10-11H2,1-4H3,(H,18,21)(H,19,20). The SMILES string of the molecule is CCC(C)Oc1ccc(C(=O)NC(C)(C)CCC(=O)O)cc1. The molecule has 1 aromatic rings. The Morgan fingerprint density at radius 1 is 1.27 bits per heavy atom. The molecule has 5 heteroatoms. The van der Waals surface area contributed by atoms with Gasteiger partial charge in [0.15, 0.2) is 0 Å². The van der Waals surface area contributed by atoms with Crippen LogP contribution in [0.2, 0.25) is 0 Å². The van der Waals surface area contributed by atoms with Crippen LogP contribution in [0, 0.1) is 0 Å². The maximum atomic E-state index is 12.2. The third-order valence-electron chi connectivity index (χ3n) is 3.44. The smallest absolute Gasteiger partial charge is 0.303 e. The third kappa shape index (κ3) is 6.16. The molecule has 1 unspecified atom stereocenters. The minimum atomic E-state index is -0.867. The summed E-state index contributed by atoms with van der Waals surface area (Å²) in [4.78, 5) is 22.8. The molecule has 0 heterocycles. The zero-order valence-electron chi connectivity index (χ0n) is 13.7. The Morgan fingerprint density at radius 2 is 1.86 bits per heavy atom. The lowest BCUT2D eigenvalue weighted by atomic mass is 9.98. The van der Waals surface area contributed by atoms with Crippen LogP contribution in [0.4, 0.5) is 0 Å². The number of hydrogen-bond acceptors (Lipinski definition) is 3. The minimum absolute atomic E-state index is 0.0228. The molecule has 0 saturated heterocycles. The van der Waals surface area contributed by atoms with E-state index < -0.39 is 11.5 Å². The van der Waals surface area contributed by atoms with Crippen molar-refractivity contribution in [3.8, 4) is 5.75 Å². The molecule has 2 N–H and O–H groups in total. The summed E-state index contributed by atoms with van der Waals surface area (Å²) in [7, 11) is 0. The molecule has 1 atom stereocenters. The molecule has 0 bridgehead atoms. The first-order chi connectivity index (χ1) is 10.2. The van der Waals surface area contributed by atoms with Crippen molar-refractivity contribution in [3.05, 3.63) is 29.8 Å². The van der Waals surface area contributed by atoms with Gasteiger partial charge < -0.3 is 15.2 Å². The highest BCUT2D eigenvalue weighted by molar-refractivity contribution is 5.94. The number of aliphatic carboxylic acids is 1. The number of carbonyl (C=O) groups is 2. The highest BCUT2D eigenvalue weighted by atomic mass is 16.5. The molecule has 1 aromatic carbocycles. The van der Waals surface area contributed by atoms with Gasteiger partial charge in [-0.05, 0) is 57.9 Å². The van der Waals surface area contributed by atoms with Crippen LogP contribution in [-0.2, 0) is 4.79 Å². The number of hydrogen-bond donors (Lipinski definition) is 2. The number of rotatable bonds is 8. The van der Waals surface area contributed by atoms with Crippen LogP contribution in [0.1, 0.15) is 57.3 Å². The third-order valence-corrected chi connectivity index (χ3v) is 3.44. The second kappa shape index (κ2) is 7.82. The van der Waals surface area contributed by atoms with Gasteiger partial charge in [-0.1, -0.05) is 6.92 Å². The molecule has 122 valence electrons. The van der Waals surface area contributed by atoms with Crippen molar-refractivity contribution in [2.24, 2.45) is 0 Å². The minimum Gasteiger partial charge on any atom is -0.491 e. The number of ether oxygens (including phenoxy) is 1. The van der Waals surface area contributed by atoms with Gasteiger partial charge in [-0.25, -0.2) is 0 Å². The molecule has 1 amide bonds. The van der Waals surface area contributed by atoms with Crippen molar-refractivity contribution >= 4 is 11.9 Å². The lowest BCUT2D eigenvalue weighted by molar-refractivity contribution is -0.137. The Labute approximate surface area is 131 Å². The van der Waals surface area contributed by atoms with Crippen LogP contribution >= 0.6 is 0 Å². The maximum absolute atomic E-state index is 12.2. The predicted molar refractivity (Wildman–Crippen MR) is 85.2 cm³/mol. The molecule has 0 aliphatic rings. The molecule has 0 fully saturated rings. The molecular weight excluding hydrogens is 282 g/mol. The molecule has 22 heavy (non-hydrogen) atoms. The Hall–Kier alpha value is -2.04. The quantitative estimate of drug-likeness (QED) is 0.773. The maximum Gasteiger partial charge on any atom is 0.303 e. The molecule has 5 nitrogen and oxygen atoms in total. The van der Waals surface area contributed by atoms with Crippen molar-refractivity contribution in [2.75, 3.05) is 0 Å². The number of carbonyl (C=O) groups excluding carboxylic acids is 1. The molecule has 0 aliphatic heterocycles. The van der Waals surface area contributed by atoms with Gasteiger partial charge in [-0.2, -0.15) is 0 Å². The summed E-state index contributed by atoms with van der Waals surface area (Å²) in [5.41, 5.74) is -0.0404. The molecular formula is C17H25NO4. The summed E-state index contributed by atoms with van der Waals surface area (Å²) in [6.45, 7) is 7.67. The molecule has 1 rings (SSSR count). The average molecular weight is 307 g/mol. The van der Waals surface area contributed by atoms with Crippen molar-refractivity contribution in [1.29, 1.82) is 0 Å². The van der Waals surface area contributed by atoms with E-state index in [1.165, 1.54) is 0 Å². The van der Waals surface area contributed by atoms with Gasteiger partial charge in [0.05, 0.1) is 6.10 Å². The number of carboxylic acids is 1. The van der Waals surface area contributed by atoms with E-state index in [0.717, 1.165) is 12.2 Å². The van der Waals surface area contributed by atoms with Gasteiger partial charge in [0.2, 0.25) is 0 Å². The van der Waals surface area contributed by atoms with E-state index >= 15 is 0 Å². The van der Waals surface area contributed by atoms with E-state index in [9.17, 15) is 9.59 Å². The molecule has 0 spiro atoms. The fourth-order valence-electron chi connectivity index (χ4n) is 1.86. The first-order valence-electron chi connectivity index (χ1n) is 7.54. The fraction of sp³-hybridized carbons (Fsp3) is 0.529. The van der Waals surface area contributed by atoms with Crippen LogP contribution < -0.4 is 10.1 Å². The van der Waals surface area contributed by atoms with Crippen molar-refractivity contribution in [3.63, 3.8) is 0 Å². The van der Waals surface area contributed by atoms with Crippen LogP contribution in [0.3, 0.4) is 0 Å². The van der Waals surface area contributed by atoms with E-state index in [2.05, 4.69) is 5.32 Å². The van der Waals surface area contributed by atoms with E-state index in [4.69, 9.17) is 9.84 Å². The first-order valence-corrected chi connectivity index (χ1v) is 7.54. The molecule has 0 saturated carbocycles. The zero-order valence-corrected chi connectivity index (χ0v) is 13.7. The van der Waals surface area contributed by atoms with Crippen molar-refractivity contribution < 1.29 is 19.4 Å². The van der Waals surface area contributed by atoms with E-state index in [0.29, 0.717) is 12.0 Å². The summed E-state index contributed by atoms with van der Waals surface area (Å²) >= 11 is 0. The predicted octanol–water partition coefficient (Wildman–Crippen LogP) is 3.24. The second-order valence-corrected chi connectivity index (χ2v) is 6.09. The monoisotopic (exact) mass is 307 g/mol. The molecule has 0 aromatic heterocycles. The van der Waals surface area contributed by atoms with Crippen LogP contribution in [0.25, 0.3) is 0 Å². The number of nitrogens with one attached hydrogen (secondary N) is 1. The second-order valence-electron chi connectivity index (χ2n) is 6.09. The zero-order chi connectivity index (χ0) is 16.8. The fourth-order valence-corrected chi connectivity index (χ4v) is 1.86. The van der Waals surface area contributed by atoms with Crippen molar-refractivity contribution in [2.45, 2.75) is 58.6 Å². The Morgan fingerprint density at radius 3 is 2.36 bits per heavy atom. The molecule has 0 radical (unpaired) electrons. The topological polar surface area (TPSA) is 75.6 Å². The summed E-state index contributed by atoms with van der Waals surface area (Å²) in [5, 5.41) is 11.6. The Kier molecular flexibility index (Phi) is 6.40. The highest BCUT2D eigenvalue weighted by Gasteiger charge is 2.22. The van der Waals surface area contributed by atoms with E-state index in [1.807, 2.05) is 27.7 Å². The van der Waals surface area contributed by atoms with Gasteiger partial charge in [0, 0.05) is 17.5 Å². The van der Waals surface area contributed by atoms with Crippen LogP contribution in [0.15, 0.2) is 24.3 Å². The van der Waals surface area contributed by atoms with Crippen LogP contribution in [-0.4, -0.2) is 28.6 Å². The lowest BCUT2D eigenvalue weighted by Crippen LogP contribution is -2.43. The van der Waals surface area contributed by atoms with E-state index in [-0.39, 0.29) is 18.4 Å². The average Bonchev–Trinajstić information content (AvgIpc) is 2.45. The lowest BCUT2D eigenvalue weighted by Gasteiger charge is -2.25. The van der Waals surface area contributed by atoms with Crippen molar-refractivity contribution in [1.82, 2.24) is 5.32 Å². The van der Waals surface area contributed by atoms with Gasteiger partial charge >= 0.3 is 5.97 Å². The van der Waals surface area contributed by atoms with Gasteiger partial charge in [-0.3, -0.25) is 9.59 Å². The van der Waals surface area contributed by atoms with Gasteiger partial charge in [0.1, 0.15) is 5.75 Å². The summed E-state index contributed by atoms with van der Waals surface area (Å²) in [6.07, 6.45) is 1.45. The summed E-state index contributed by atoms with van der Waals surface area (Å²) in [5.74, 6) is -0.351. The number of amides is 1. The highest BCUT2D eigenvalue weighted by Crippen LogP contribution is 2.17.